The number of aromatic nitrogens is 2. The van der Waals surface area contributed by atoms with Gasteiger partial charge in [0.2, 0.25) is 0 Å². The summed E-state index contributed by atoms with van der Waals surface area (Å²) < 4.78 is 7.81. The molecule has 0 radical (unpaired) electrons. The van der Waals surface area contributed by atoms with Crippen molar-refractivity contribution in [3.63, 3.8) is 0 Å². The second-order valence-electron chi connectivity index (χ2n) is 7.21. The minimum absolute atomic E-state index is 0.261. The van der Waals surface area contributed by atoms with Gasteiger partial charge in [0, 0.05) is 48.2 Å². The van der Waals surface area contributed by atoms with Crippen LogP contribution in [0.15, 0.2) is 36.8 Å². The van der Waals surface area contributed by atoms with Crippen LogP contribution in [-0.2, 0) is 4.74 Å². The quantitative estimate of drug-likeness (QED) is 0.596. The molecule has 1 saturated carbocycles. The SMILES string of the molecule is COC1CCC(n2cc(C)c3ccc(C(=O)Nc4c(Cl)cncc4Cl)cc32)C1. The van der Waals surface area contributed by atoms with Crippen molar-refractivity contribution < 1.29 is 9.53 Å². The molecule has 3 aromatic rings. The smallest absolute Gasteiger partial charge is 0.255 e. The molecule has 146 valence electrons. The number of pyridine rings is 1. The number of benzene rings is 1. The summed E-state index contributed by atoms with van der Waals surface area (Å²) in [5.74, 6) is -0.261. The molecule has 1 amide bonds. The molecule has 2 heterocycles. The molecule has 2 unspecified atom stereocenters. The van der Waals surface area contributed by atoms with Crippen molar-refractivity contribution in [2.45, 2.75) is 38.3 Å². The number of aryl methyl sites for hydroxylation is 1. The highest BCUT2D eigenvalue weighted by molar-refractivity contribution is 6.39. The number of carbonyl (C=O) groups excluding carboxylic acids is 1. The van der Waals surface area contributed by atoms with E-state index < -0.39 is 0 Å². The molecule has 2 atom stereocenters. The number of anilines is 1. The number of nitrogens with one attached hydrogen (secondary N) is 1. The van der Waals surface area contributed by atoms with Crippen molar-refractivity contribution in [2.75, 3.05) is 12.4 Å². The number of nitrogens with zero attached hydrogens (tertiary/aromatic N) is 2. The van der Waals surface area contributed by atoms with Crippen molar-refractivity contribution in [1.82, 2.24) is 9.55 Å². The lowest BCUT2D eigenvalue weighted by molar-refractivity contribution is 0.102. The van der Waals surface area contributed by atoms with Gasteiger partial charge in [0.1, 0.15) is 0 Å². The maximum Gasteiger partial charge on any atom is 0.255 e. The first-order chi connectivity index (χ1) is 13.5. The molecule has 1 N–H and O–H groups in total. The minimum Gasteiger partial charge on any atom is -0.381 e. The molecule has 0 saturated heterocycles. The lowest BCUT2D eigenvalue weighted by Crippen LogP contribution is -2.13. The van der Waals surface area contributed by atoms with E-state index >= 15 is 0 Å². The van der Waals surface area contributed by atoms with E-state index in [1.165, 1.54) is 18.0 Å². The Morgan fingerprint density at radius 3 is 2.68 bits per heavy atom. The van der Waals surface area contributed by atoms with Gasteiger partial charge in [-0.2, -0.15) is 0 Å². The topological polar surface area (TPSA) is 56.1 Å². The van der Waals surface area contributed by atoms with Crippen molar-refractivity contribution in [2.24, 2.45) is 0 Å². The number of hydrogen-bond donors (Lipinski definition) is 1. The Hall–Kier alpha value is -2.08. The molecule has 1 aromatic carbocycles. The molecular formula is C21H21Cl2N3O2. The fourth-order valence-electron chi connectivity index (χ4n) is 3.97. The van der Waals surface area contributed by atoms with Crippen LogP contribution in [0.25, 0.3) is 10.9 Å². The molecule has 4 rings (SSSR count). The molecular weight excluding hydrogens is 397 g/mol. The number of halogens is 2. The first-order valence-electron chi connectivity index (χ1n) is 9.22. The van der Waals surface area contributed by atoms with Gasteiger partial charge in [0.25, 0.3) is 5.91 Å². The summed E-state index contributed by atoms with van der Waals surface area (Å²) in [6.45, 7) is 2.10. The van der Waals surface area contributed by atoms with Crippen molar-refractivity contribution >= 4 is 45.7 Å². The molecule has 5 nitrogen and oxygen atoms in total. The van der Waals surface area contributed by atoms with Gasteiger partial charge < -0.3 is 14.6 Å². The van der Waals surface area contributed by atoms with E-state index in [1.807, 2.05) is 18.2 Å². The molecule has 0 aliphatic heterocycles. The monoisotopic (exact) mass is 417 g/mol. The second kappa shape index (κ2) is 7.74. The van der Waals surface area contributed by atoms with E-state index in [0.29, 0.717) is 33.4 Å². The van der Waals surface area contributed by atoms with Gasteiger partial charge in [0.15, 0.2) is 0 Å². The number of fused-ring (bicyclic) bond motifs is 1. The fraction of sp³-hybridized carbons (Fsp3) is 0.333. The average molecular weight is 418 g/mol. The van der Waals surface area contributed by atoms with E-state index in [9.17, 15) is 4.79 Å². The van der Waals surface area contributed by atoms with E-state index in [1.54, 1.807) is 7.11 Å². The number of amides is 1. The Bertz CT molecular complexity index is 1030. The first-order valence-corrected chi connectivity index (χ1v) is 9.98. The van der Waals surface area contributed by atoms with Crippen LogP contribution in [0.1, 0.15) is 41.2 Å². The zero-order chi connectivity index (χ0) is 19.8. The summed E-state index contributed by atoms with van der Waals surface area (Å²) in [5.41, 5.74) is 3.17. The van der Waals surface area contributed by atoms with Gasteiger partial charge in [-0.15, -0.1) is 0 Å². The summed E-state index contributed by atoms with van der Waals surface area (Å²) in [6, 6.07) is 6.13. The predicted octanol–water partition coefficient (Wildman–Crippen LogP) is 5.64. The third-order valence-electron chi connectivity index (χ3n) is 5.47. The van der Waals surface area contributed by atoms with Crippen LogP contribution in [0.4, 0.5) is 5.69 Å². The Morgan fingerprint density at radius 2 is 2.00 bits per heavy atom. The summed E-state index contributed by atoms with van der Waals surface area (Å²) in [7, 11) is 1.77. The molecule has 0 bridgehead atoms. The lowest BCUT2D eigenvalue weighted by Gasteiger charge is -2.15. The second-order valence-corrected chi connectivity index (χ2v) is 8.02. The highest BCUT2D eigenvalue weighted by atomic mass is 35.5. The Kier molecular flexibility index (Phi) is 5.32. The molecule has 0 spiro atoms. The Labute approximate surface area is 173 Å². The van der Waals surface area contributed by atoms with Gasteiger partial charge in [-0.3, -0.25) is 9.78 Å². The van der Waals surface area contributed by atoms with E-state index in [0.717, 1.165) is 30.2 Å². The molecule has 28 heavy (non-hydrogen) atoms. The average Bonchev–Trinajstić information content (AvgIpc) is 3.29. The zero-order valence-corrected chi connectivity index (χ0v) is 17.2. The van der Waals surface area contributed by atoms with E-state index in [2.05, 4.69) is 28.0 Å². The molecule has 2 aromatic heterocycles. The number of hydrogen-bond acceptors (Lipinski definition) is 3. The van der Waals surface area contributed by atoms with E-state index in [-0.39, 0.29) is 5.91 Å². The fourth-order valence-corrected chi connectivity index (χ4v) is 4.43. The van der Waals surface area contributed by atoms with Gasteiger partial charge >= 0.3 is 0 Å². The molecule has 1 aliphatic carbocycles. The number of rotatable bonds is 4. The summed E-state index contributed by atoms with van der Waals surface area (Å²) in [5, 5.41) is 4.56. The van der Waals surface area contributed by atoms with Crippen LogP contribution in [0.2, 0.25) is 10.0 Å². The maximum atomic E-state index is 12.8. The summed E-state index contributed by atoms with van der Waals surface area (Å²) >= 11 is 12.2. The van der Waals surface area contributed by atoms with Crippen LogP contribution in [0, 0.1) is 6.92 Å². The highest BCUT2D eigenvalue weighted by Crippen LogP contribution is 2.36. The number of methoxy groups -OCH3 is 1. The first kappa shape index (κ1) is 19.2. The highest BCUT2D eigenvalue weighted by Gasteiger charge is 2.27. The number of ether oxygens (including phenoxy) is 1. The Morgan fingerprint density at radius 1 is 1.25 bits per heavy atom. The van der Waals surface area contributed by atoms with Crippen LogP contribution < -0.4 is 5.32 Å². The van der Waals surface area contributed by atoms with Gasteiger partial charge in [-0.1, -0.05) is 29.3 Å². The normalized spacial score (nSPS) is 19.3. The third-order valence-corrected chi connectivity index (χ3v) is 6.04. The van der Waals surface area contributed by atoms with Crippen LogP contribution in [0.3, 0.4) is 0 Å². The van der Waals surface area contributed by atoms with Crippen molar-refractivity contribution in [1.29, 1.82) is 0 Å². The van der Waals surface area contributed by atoms with Crippen molar-refractivity contribution in [3.05, 3.63) is 58.0 Å². The van der Waals surface area contributed by atoms with Crippen LogP contribution >= 0.6 is 23.2 Å². The molecule has 1 aliphatic rings. The molecule has 1 fully saturated rings. The summed E-state index contributed by atoms with van der Waals surface area (Å²) in [6.07, 6.45) is 8.48. The van der Waals surface area contributed by atoms with Crippen molar-refractivity contribution in [3.8, 4) is 0 Å². The van der Waals surface area contributed by atoms with Gasteiger partial charge in [-0.25, -0.2) is 0 Å². The number of carbonyl (C=O) groups is 1. The predicted molar refractivity (Wildman–Crippen MR) is 113 cm³/mol. The Balaban J connectivity index is 1.67. The minimum atomic E-state index is -0.261. The van der Waals surface area contributed by atoms with Crippen LogP contribution in [-0.4, -0.2) is 28.7 Å². The molecule has 7 heteroatoms. The van der Waals surface area contributed by atoms with Gasteiger partial charge in [0.05, 0.1) is 21.8 Å². The third kappa shape index (κ3) is 3.50. The van der Waals surface area contributed by atoms with Gasteiger partial charge in [-0.05, 0) is 43.9 Å². The maximum absolute atomic E-state index is 12.8. The van der Waals surface area contributed by atoms with Crippen LogP contribution in [0.5, 0.6) is 0 Å². The van der Waals surface area contributed by atoms with E-state index in [4.69, 9.17) is 27.9 Å². The standard InChI is InChI=1S/C21H21Cl2N3O2/c1-12-11-26(14-4-5-15(8-14)28-2)19-7-13(3-6-16(12)19)21(27)25-20-17(22)9-24-10-18(20)23/h3,6-7,9-11,14-15H,4-5,8H2,1-2H3,(H,24,25,27). The zero-order valence-electron chi connectivity index (χ0n) is 15.7. The summed E-state index contributed by atoms with van der Waals surface area (Å²) in [4.78, 5) is 16.7. The largest absolute Gasteiger partial charge is 0.381 e. The lowest BCUT2D eigenvalue weighted by atomic mass is 10.1.